The van der Waals surface area contributed by atoms with Crippen molar-refractivity contribution >= 4 is 29.4 Å². The van der Waals surface area contributed by atoms with Gasteiger partial charge in [0, 0.05) is 12.3 Å². The molecule has 8 heteroatoms. The number of nitriles is 2. The lowest BCUT2D eigenvalue weighted by Crippen LogP contribution is -2.31. The van der Waals surface area contributed by atoms with Crippen molar-refractivity contribution < 1.29 is 9.59 Å². The van der Waals surface area contributed by atoms with Crippen LogP contribution in [-0.2, 0) is 0 Å². The zero-order chi connectivity index (χ0) is 18.0. The fraction of sp³-hybridized carbons (Fsp3) is 0.118. The first-order valence-electron chi connectivity index (χ1n) is 7.25. The third-order valence-electron chi connectivity index (χ3n) is 3.69. The van der Waals surface area contributed by atoms with Crippen LogP contribution >= 0.6 is 11.8 Å². The van der Waals surface area contributed by atoms with Crippen molar-refractivity contribution in [2.24, 2.45) is 0 Å². The van der Waals surface area contributed by atoms with Crippen molar-refractivity contribution in [3.63, 3.8) is 0 Å². The van der Waals surface area contributed by atoms with Crippen molar-refractivity contribution in [3.8, 4) is 12.1 Å². The number of hydrogen-bond acceptors (Lipinski definition) is 7. The zero-order valence-electron chi connectivity index (χ0n) is 12.9. The number of hydrogen-bond donors (Lipinski definition) is 1. The largest absolute Gasteiger partial charge is 0.383 e. The lowest BCUT2D eigenvalue weighted by molar-refractivity contribution is 0.0664. The summed E-state index contributed by atoms with van der Waals surface area (Å²) in [6.07, 6.45) is 0. The molecule has 25 heavy (non-hydrogen) atoms. The van der Waals surface area contributed by atoms with Crippen LogP contribution in [0.5, 0.6) is 0 Å². The van der Waals surface area contributed by atoms with Crippen molar-refractivity contribution in [2.45, 2.75) is 5.03 Å². The molecule has 0 atom stereocenters. The molecule has 0 spiro atoms. The van der Waals surface area contributed by atoms with Gasteiger partial charge in [0.05, 0.1) is 22.3 Å². The molecule has 0 saturated carbocycles. The second kappa shape index (κ2) is 6.63. The number of carbonyl (C=O) groups excluding carboxylic acids is 2. The van der Waals surface area contributed by atoms with E-state index in [-0.39, 0.29) is 35.3 Å². The summed E-state index contributed by atoms with van der Waals surface area (Å²) in [4.78, 5) is 29.8. The van der Waals surface area contributed by atoms with Gasteiger partial charge in [0.15, 0.2) is 0 Å². The van der Waals surface area contributed by atoms with Gasteiger partial charge in [0.2, 0.25) is 0 Å². The summed E-state index contributed by atoms with van der Waals surface area (Å²) >= 11 is 1.21. The normalized spacial score (nSPS) is 12.6. The monoisotopic (exact) mass is 349 g/mol. The molecule has 0 unspecified atom stereocenters. The van der Waals surface area contributed by atoms with Gasteiger partial charge in [-0.15, -0.1) is 11.8 Å². The number of nitrogens with zero attached hydrogens (tertiary/aromatic N) is 4. The van der Waals surface area contributed by atoms with Gasteiger partial charge in [-0.25, -0.2) is 4.98 Å². The number of carbonyl (C=O) groups is 2. The third kappa shape index (κ3) is 2.91. The molecular weight excluding hydrogens is 338 g/mol. The fourth-order valence-corrected chi connectivity index (χ4v) is 3.36. The average Bonchev–Trinajstić information content (AvgIpc) is 2.87. The Kier molecular flexibility index (Phi) is 4.38. The summed E-state index contributed by atoms with van der Waals surface area (Å²) in [7, 11) is 0. The molecule has 1 aliphatic rings. The summed E-state index contributed by atoms with van der Waals surface area (Å²) < 4.78 is 0. The molecule has 0 aliphatic carbocycles. The van der Waals surface area contributed by atoms with E-state index < -0.39 is 0 Å². The van der Waals surface area contributed by atoms with Gasteiger partial charge in [-0.1, -0.05) is 12.1 Å². The maximum absolute atomic E-state index is 12.3. The van der Waals surface area contributed by atoms with Crippen LogP contribution in [0.15, 0.2) is 35.4 Å². The predicted molar refractivity (Wildman–Crippen MR) is 90.6 cm³/mol. The molecule has 2 heterocycles. The minimum atomic E-state index is -0.325. The highest BCUT2D eigenvalue weighted by atomic mass is 32.2. The summed E-state index contributed by atoms with van der Waals surface area (Å²) in [5.41, 5.74) is 6.85. The van der Waals surface area contributed by atoms with Crippen molar-refractivity contribution in [3.05, 3.63) is 52.6 Å². The first-order chi connectivity index (χ1) is 12.1. The van der Waals surface area contributed by atoms with E-state index in [1.54, 1.807) is 24.3 Å². The minimum Gasteiger partial charge on any atom is -0.383 e. The third-order valence-corrected chi connectivity index (χ3v) is 4.66. The molecule has 7 nitrogen and oxygen atoms in total. The first-order valence-corrected chi connectivity index (χ1v) is 8.24. The molecule has 1 aromatic carbocycles. The Balaban J connectivity index is 1.72. The van der Waals surface area contributed by atoms with E-state index in [2.05, 4.69) is 4.98 Å². The van der Waals surface area contributed by atoms with Crippen LogP contribution in [-0.4, -0.2) is 34.0 Å². The molecule has 2 N–H and O–H groups in total. The number of rotatable bonds is 4. The van der Waals surface area contributed by atoms with Crippen LogP contribution in [0.1, 0.15) is 31.8 Å². The Labute approximate surface area is 147 Å². The number of nitrogens with two attached hydrogens (primary N) is 1. The molecule has 0 radical (unpaired) electrons. The maximum atomic E-state index is 12.3. The van der Waals surface area contributed by atoms with Crippen molar-refractivity contribution in [2.75, 3.05) is 18.0 Å². The SMILES string of the molecule is N#Cc1cc(C#N)c(SCCN2C(=O)c3ccccc3C2=O)nc1N. The molecule has 0 bridgehead atoms. The van der Waals surface area contributed by atoms with Crippen LogP contribution in [0.2, 0.25) is 0 Å². The topological polar surface area (TPSA) is 124 Å². The molecule has 2 aromatic rings. The van der Waals surface area contributed by atoms with Gasteiger partial charge in [-0.3, -0.25) is 14.5 Å². The number of fused-ring (bicyclic) bond motifs is 1. The van der Waals surface area contributed by atoms with E-state index in [4.69, 9.17) is 11.0 Å². The summed E-state index contributed by atoms with van der Waals surface area (Å²) in [6, 6.07) is 11.9. The summed E-state index contributed by atoms with van der Waals surface area (Å²) in [5, 5.41) is 18.5. The van der Waals surface area contributed by atoms with Crippen molar-refractivity contribution in [1.82, 2.24) is 9.88 Å². The number of aromatic nitrogens is 1. The standard InChI is InChI=1S/C17H11N5O2S/c18-8-10-7-11(9-19)15(21-14(10)20)25-6-5-22-16(23)12-3-1-2-4-13(12)17(22)24/h1-4,7H,5-6H2,(H2,20,21). The molecule has 3 rings (SSSR count). The second-order valence-corrected chi connectivity index (χ2v) is 6.24. The summed E-state index contributed by atoms with van der Waals surface area (Å²) in [6.45, 7) is 0.184. The van der Waals surface area contributed by atoms with Gasteiger partial charge >= 0.3 is 0 Å². The van der Waals surface area contributed by atoms with E-state index in [1.807, 2.05) is 12.1 Å². The van der Waals surface area contributed by atoms with Gasteiger partial charge in [-0.05, 0) is 18.2 Å². The van der Waals surface area contributed by atoms with Crippen LogP contribution in [0.25, 0.3) is 0 Å². The van der Waals surface area contributed by atoms with Crippen molar-refractivity contribution in [1.29, 1.82) is 10.5 Å². The molecule has 1 aromatic heterocycles. The number of pyridine rings is 1. The van der Waals surface area contributed by atoms with Crippen LogP contribution in [0.4, 0.5) is 5.82 Å². The van der Waals surface area contributed by atoms with Crippen LogP contribution < -0.4 is 5.73 Å². The highest BCUT2D eigenvalue weighted by Gasteiger charge is 2.34. The Hall–Kier alpha value is -3.36. The lowest BCUT2D eigenvalue weighted by atomic mass is 10.1. The number of amides is 2. The van der Waals surface area contributed by atoms with E-state index >= 15 is 0 Å². The van der Waals surface area contributed by atoms with E-state index in [0.717, 1.165) is 0 Å². The minimum absolute atomic E-state index is 0.0460. The number of benzene rings is 1. The molecule has 2 amide bonds. The Morgan fingerprint density at radius 2 is 1.68 bits per heavy atom. The average molecular weight is 349 g/mol. The number of nitrogen functional groups attached to an aromatic ring is 1. The van der Waals surface area contributed by atoms with E-state index in [9.17, 15) is 14.9 Å². The smallest absolute Gasteiger partial charge is 0.261 e. The highest BCUT2D eigenvalue weighted by molar-refractivity contribution is 7.99. The van der Waals surface area contributed by atoms with Gasteiger partial charge in [0.25, 0.3) is 11.8 Å². The molecule has 0 fully saturated rings. The van der Waals surface area contributed by atoms with Gasteiger partial charge < -0.3 is 5.73 Å². The molecule has 122 valence electrons. The predicted octanol–water partition coefficient (Wildman–Crippen LogP) is 1.80. The van der Waals surface area contributed by atoms with E-state index in [1.165, 1.54) is 22.7 Å². The Morgan fingerprint density at radius 3 is 2.24 bits per heavy atom. The number of imide groups is 1. The van der Waals surface area contributed by atoms with Crippen LogP contribution in [0.3, 0.4) is 0 Å². The lowest BCUT2D eigenvalue weighted by Gasteiger charge is -2.13. The fourth-order valence-electron chi connectivity index (χ4n) is 2.47. The molecular formula is C17H11N5O2S. The second-order valence-electron chi connectivity index (χ2n) is 5.15. The number of thioether (sulfide) groups is 1. The molecule has 0 saturated heterocycles. The van der Waals surface area contributed by atoms with Gasteiger partial charge in [0.1, 0.15) is 23.0 Å². The molecule has 1 aliphatic heterocycles. The maximum Gasteiger partial charge on any atom is 0.261 e. The first kappa shape index (κ1) is 16.5. The van der Waals surface area contributed by atoms with Gasteiger partial charge in [-0.2, -0.15) is 10.5 Å². The summed E-state index contributed by atoms with van der Waals surface area (Å²) in [5.74, 6) is -0.244. The number of anilines is 1. The Morgan fingerprint density at radius 1 is 1.08 bits per heavy atom. The zero-order valence-corrected chi connectivity index (χ0v) is 13.7. The Bertz CT molecular complexity index is 939. The van der Waals surface area contributed by atoms with Crippen LogP contribution in [0, 0.1) is 22.7 Å². The quantitative estimate of drug-likeness (QED) is 0.659. The van der Waals surface area contributed by atoms with E-state index in [0.29, 0.717) is 21.9 Å². The highest BCUT2D eigenvalue weighted by Crippen LogP contribution is 2.26.